The molecule has 26 heavy (non-hydrogen) atoms. The van der Waals surface area contributed by atoms with E-state index in [-0.39, 0.29) is 29.8 Å². The van der Waals surface area contributed by atoms with E-state index in [1.807, 2.05) is 0 Å². The fraction of sp³-hybridized carbons (Fsp3) is 0.529. The molecular weight excluding hydrogens is 356 g/mol. The molecule has 142 valence electrons. The number of amides is 2. The number of benzene rings is 1. The molecule has 0 atom stereocenters. The Balaban J connectivity index is 1.51. The van der Waals surface area contributed by atoms with Crippen molar-refractivity contribution in [3.05, 3.63) is 29.8 Å². The Labute approximate surface area is 153 Å². The molecule has 2 N–H and O–H groups in total. The fourth-order valence-electron chi connectivity index (χ4n) is 3.14. The van der Waals surface area contributed by atoms with Crippen LogP contribution in [-0.2, 0) is 26.2 Å². The van der Waals surface area contributed by atoms with Gasteiger partial charge in [-0.15, -0.1) is 0 Å². The second kappa shape index (κ2) is 8.15. The van der Waals surface area contributed by atoms with Crippen LogP contribution >= 0.6 is 0 Å². The van der Waals surface area contributed by atoms with Crippen molar-refractivity contribution in [2.75, 3.05) is 39.3 Å². The van der Waals surface area contributed by atoms with Crippen LogP contribution in [0, 0.1) is 0 Å². The SMILES string of the molecule is O=C1CN(CC(=O)NCc2ccc(S(=O)(=O)N3CCCC3)cc2)CCN1. The molecule has 2 saturated heterocycles. The predicted molar refractivity (Wildman–Crippen MR) is 95.7 cm³/mol. The molecule has 2 heterocycles. The zero-order chi connectivity index (χ0) is 18.6. The Hall–Kier alpha value is -1.97. The Morgan fingerprint density at radius 3 is 2.46 bits per heavy atom. The molecule has 2 aliphatic heterocycles. The van der Waals surface area contributed by atoms with Gasteiger partial charge >= 0.3 is 0 Å². The van der Waals surface area contributed by atoms with Crippen molar-refractivity contribution >= 4 is 21.8 Å². The summed E-state index contributed by atoms with van der Waals surface area (Å²) in [5.74, 6) is -0.229. The van der Waals surface area contributed by atoms with Gasteiger partial charge in [-0.2, -0.15) is 4.31 Å². The normalized spacial score (nSPS) is 19.3. The summed E-state index contributed by atoms with van der Waals surface area (Å²) in [6, 6.07) is 6.61. The lowest BCUT2D eigenvalue weighted by Crippen LogP contribution is -2.50. The number of carbonyl (C=O) groups excluding carboxylic acids is 2. The molecule has 1 aromatic carbocycles. The van der Waals surface area contributed by atoms with Gasteiger partial charge in [-0.3, -0.25) is 14.5 Å². The summed E-state index contributed by atoms with van der Waals surface area (Å²) >= 11 is 0. The van der Waals surface area contributed by atoms with Crippen molar-refractivity contribution < 1.29 is 18.0 Å². The van der Waals surface area contributed by atoms with Gasteiger partial charge in [0, 0.05) is 32.7 Å². The summed E-state index contributed by atoms with van der Waals surface area (Å²) in [6.45, 7) is 3.10. The third-order valence-electron chi connectivity index (χ3n) is 4.60. The highest BCUT2D eigenvalue weighted by atomic mass is 32.2. The summed E-state index contributed by atoms with van der Waals surface area (Å²) in [7, 11) is -3.41. The van der Waals surface area contributed by atoms with E-state index in [0.717, 1.165) is 18.4 Å². The predicted octanol–water partition coefficient (Wildman–Crippen LogP) is -0.481. The van der Waals surface area contributed by atoms with Crippen molar-refractivity contribution in [2.24, 2.45) is 0 Å². The Morgan fingerprint density at radius 2 is 1.81 bits per heavy atom. The molecule has 0 unspecified atom stereocenters. The van der Waals surface area contributed by atoms with Crippen LogP contribution in [0.1, 0.15) is 18.4 Å². The first-order chi connectivity index (χ1) is 12.4. The van der Waals surface area contributed by atoms with E-state index in [4.69, 9.17) is 0 Å². The third-order valence-corrected chi connectivity index (χ3v) is 6.51. The molecule has 9 heteroatoms. The summed E-state index contributed by atoms with van der Waals surface area (Å²) in [6.07, 6.45) is 1.81. The number of rotatable bonds is 6. The minimum Gasteiger partial charge on any atom is -0.354 e. The van der Waals surface area contributed by atoms with Gasteiger partial charge in [-0.25, -0.2) is 8.42 Å². The molecule has 0 bridgehead atoms. The van der Waals surface area contributed by atoms with Gasteiger partial charge < -0.3 is 10.6 Å². The monoisotopic (exact) mass is 380 g/mol. The van der Waals surface area contributed by atoms with E-state index in [2.05, 4.69) is 10.6 Å². The average molecular weight is 380 g/mol. The van der Waals surface area contributed by atoms with Crippen molar-refractivity contribution in [1.29, 1.82) is 0 Å². The second-order valence-corrected chi connectivity index (χ2v) is 8.53. The maximum Gasteiger partial charge on any atom is 0.243 e. The van der Waals surface area contributed by atoms with Gasteiger partial charge in [0.2, 0.25) is 21.8 Å². The van der Waals surface area contributed by atoms with E-state index in [0.29, 0.717) is 32.7 Å². The third kappa shape index (κ3) is 4.60. The molecule has 3 rings (SSSR count). The molecule has 0 radical (unpaired) electrons. The van der Waals surface area contributed by atoms with Crippen molar-refractivity contribution in [3.63, 3.8) is 0 Å². The number of sulfonamides is 1. The number of hydrogen-bond donors (Lipinski definition) is 2. The molecule has 0 spiro atoms. The summed E-state index contributed by atoms with van der Waals surface area (Å²) in [5.41, 5.74) is 0.829. The first-order valence-electron chi connectivity index (χ1n) is 8.80. The molecule has 0 saturated carbocycles. The minimum atomic E-state index is -3.41. The van der Waals surface area contributed by atoms with Gasteiger partial charge in [0.25, 0.3) is 0 Å². The van der Waals surface area contributed by atoms with E-state index in [1.54, 1.807) is 29.2 Å². The minimum absolute atomic E-state index is 0.0705. The first kappa shape index (κ1) is 18.8. The van der Waals surface area contributed by atoms with Crippen LogP contribution in [-0.4, -0.2) is 68.7 Å². The lowest BCUT2D eigenvalue weighted by atomic mass is 10.2. The van der Waals surface area contributed by atoms with Gasteiger partial charge in [0.05, 0.1) is 18.0 Å². The van der Waals surface area contributed by atoms with Crippen molar-refractivity contribution in [1.82, 2.24) is 19.8 Å². The van der Waals surface area contributed by atoms with Crippen LogP contribution in [0.2, 0.25) is 0 Å². The van der Waals surface area contributed by atoms with E-state index < -0.39 is 10.0 Å². The fourth-order valence-corrected chi connectivity index (χ4v) is 4.66. The second-order valence-electron chi connectivity index (χ2n) is 6.59. The molecule has 0 aliphatic carbocycles. The Bertz CT molecular complexity index is 757. The quantitative estimate of drug-likeness (QED) is 0.695. The molecular formula is C17H24N4O4S. The molecule has 2 amide bonds. The highest BCUT2D eigenvalue weighted by Gasteiger charge is 2.26. The number of nitrogens with zero attached hydrogens (tertiary/aromatic N) is 2. The largest absolute Gasteiger partial charge is 0.354 e. The van der Waals surface area contributed by atoms with Gasteiger partial charge in [-0.05, 0) is 30.5 Å². The summed E-state index contributed by atoms with van der Waals surface area (Å²) in [5, 5.41) is 5.52. The molecule has 2 aliphatic rings. The van der Waals surface area contributed by atoms with Crippen LogP contribution in [0.3, 0.4) is 0 Å². The number of carbonyl (C=O) groups is 2. The molecule has 8 nitrogen and oxygen atoms in total. The number of nitrogens with one attached hydrogen (secondary N) is 2. The van der Waals surface area contributed by atoms with E-state index in [1.165, 1.54) is 4.31 Å². The van der Waals surface area contributed by atoms with Crippen LogP contribution in [0.5, 0.6) is 0 Å². The average Bonchev–Trinajstić information content (AvgIpc) is 3.16. The maximum absolute atomic E-state index is 12.5. The lowest BCUT2D eigenvalue weighted by molar-refractivity contribution is -0.127. The highest BCUT2D eigenvalue weighted by molar-refractivity contribution is 7.89. The van der Waals surface area contributed by atoms with Crippen molar-refractivity contribution in [3.8, 4) is 0 Å². The topological polar surface area (TPSA) is 98.8 Å². The smallest absolute Gasteiger partial charge is 0.243 e. The lowest BCUT2D eigenvalue weighted by Gasteiger charge is -2.25. The van der Waals surface area contributed by atoms with Crippen LogP contribution in [0.15, 0.2) is 29.2 Å². The van der Waals surface area contributed by atoms with E-state index in [9.17, 15) is 18.0 Å². The molecule has 0 aromatic heterocycles. The molecule has 1 aromatic rings. The zero-order valence-corrected chi connectivity index (χ0v) is 15.4. The first-order valence-corrected chi connectivity index (χ1v) is 10.2. The van der Waals surface area contributed by atoms with Crippen LogP contribution in [0.25, 0.3) is 0 Å². The molecule has 2 fully saturated rings. The van der Waals surface area contributed by atoms with Crippen LogP contribution in [0.4, 0.5) is 0 Å². The number of hydrogen-bond acceptors (Lipinski definition) is 5. The Morgan fingerprint density at radius 1 is 1.12 bits per heavy atom. The van der Waals surface area contributed by atoms with E-state index >= 15 is 0 Å². The highest BCUT2D eigenvalue weighted by Crippen LogP contribution is 2.21. The van der Waals surface area contributed by atoms with Gasteiger partial charge in [0.15, 0.2) is 0 Å². The van der Waals surface area contributed by atoms with Gasteiger partial charge in [-0.1, -0.05) is 12.1 Å². The standard InChI is InChI=1S/C17H24N4O4S/c22-16-12-20(10-7-18-16)13-17(23)19-11-14-3-5-15(6-4-14)26(24,25)21-8-1-2-9-21/h3-6H,1-2,7-13H2,(H,18,22)(H,19,23). The summed E-state index contributed by atoms with van der Waals surface area (Å²) < 4.78 is 26.5. The van der Waals surface area contributed by atoms with Crippen molar-refractivity contribution in [2.45, 2.75) is 24.3 Å². The zero-order valence-electron chi connectivity index (χ0n) is 14.6. The van der Waals surface area contributed by atoms with Crippen LogP contribution < -0.4 is 10.6 Å². The summed E-state index contributed by atoms with van der Waals surface area (Å²) in [4.78, 5) is 25.4. The number of piperazine rings is 1. The Kier molecular flexibility index (Phi) is 5.90. The maximum atomic E-state index is 12.5. The van der Waals surface area contributed by atoms with Gasteiger partial charge in [0.1, 0.15) is 0 Å².